The van der Waals surface area contributed by atoms with Gasteiger partial charge in [-0.3, -0.25) is 4.79 Å². The number of carbonyl (C=O) groups excluding carboxylic acids is 1. The van der Waals surface area contributed by atoms with Crippen LogP contribution in [0.3, 0.4) is 0 Å². The predicted octanol–water partition coefficient (Wildman–Crippen LogP) is 5.69. The van der Waals surface area contributed by atoms with Gasteiger partial charge in [0.05, 0.1) is 17.9 Å². The second kappa shape index (κ2) is 10.0. The fourth-order valence-electron chi connectivity index (χ4n) is 2.24. The summed E-state index contributed by atoms with van der Waals surface area (Å²) in [6, 6.07) is 12.7. The Morgan fingerprint density at radius 3 is 2.69 bits per heavy atom. The van der Waals surface area contributed by atoms with E-state index in [9.17, 15) is 4.79 Å². The van der Waals surface area contributed by atoms with Gasteiger partial charge in [-0.2, -0.15) is 0 Å². The third-order valence-electron chi connectivity index (χ3n) is 3.63. The minimum absolute atomic E-state index is 0.250. The molecule has 0 aliphatic rings. The first-order valence-corrected chi connectivity index (χ1v) is 9.37. The van der Waals surface area contributed by atoms with Crippen molar-refractivity contribution in [2.75, 3.05) is 18.5 Å². The van der Waals surface area contributed by atoms with Gasteiger partial charge in [0.1, 0.15) is 18.1 Å². The van der Waals surface area contributed by atoms with Crippen molar-refractivity contribution in [2.24, 2.45) is 5.92 Å². The molecule has 0 aliphatic carbocycles. The Balaban J connectivity index is 2.18. The fraction of sp³-hybridized carbons (Fsp3) is 0.286. The van der Waals surface area contributed by atoms with Crippen LogP contribution in [0.2, 0.25) is 0 Å². The number of carbonyl (C=O) groups is 1. The number of hydrogen-bond donors (Lipinski definition) is 1. The van der Waals surface area contributed by atoms with E-state index >= 15 is 0 Å². The van der Waals surface area contributed by atoms with Crippen molar-refractivity contribution in [1.29, 1.82) is 0 Å². The van der Waals surface area contributed by atoms with E-state index in [1.54, 1.807) is 30.3 Å². The molecule has 0 heterocycles. The van der Waals surface area contributed by atoms with Crippen LogP contribution in [0.4, 0.5) is 5.69 Å². The van der Waals surface area contributed by atoms with Crippen molar-refractivity contribution < 1.29 is 14.3 Å². The van der Waals surface area contributed by atoms with Crippen LogP contribution >= 0.6 is 15.9 Å². The van der Waals surface area contributed by atoms with E-state index in [2.05, 4.69) is 41.7 Å². The zero-order valence-electron chi connectivity index (χ0n) is 15.1. The molecule has 2 rings (SSSR count). The minimum atomic E-state index is -0.250. The average Bonchev–Trinajstić information content (AvgIpc) is 2.61. The highest BCUT2D eigenvalue weighted by Crippen LogP contribution is 2.28. The zero-order chi connectivity index (χ0) is 18.9. The van der Waals surface area contributed by atoms with Crippen molar-refractivity contribution >= 4 is 27.5 Å². The number of para-hydroxylation sites is 2. The second-order valence-corrected chi connectivity index (χ2v) is 7.14. The maximum Gasteiger partial charge on any atom is 0.259 e. The van der Waals surface area contributed by atoms with Gasteiger partial charge in [0.2, 0.25) is 0 Å². The van der Waals surface area contributed by atoms with Crippen LogP contribution in [0.5, 0.6) is 11.5 Å². The second-order valence-electron chi connectivity index (χ2n) is 6.22. The van der Waals surface area contributed by atoms with E-state index in [0.29, 0.717) is 41.9 Å². The lowest BCUT2D eigenvalue weighted by Crippen LogP contribution is -2.15. The molecule has 26 heavy (non-hydrogen) atoms. The Labute approximate surface area is 163 Å². The van der Waals surface area contributed by atoms with Crippen molar-refractivity contribution in [2.45, 2.75) is 20.3 Å². The summed E-state index contributed by atoms with van der Waals surface area (Å²) >= 11 is 3.42. The van der Waals surface area contributed by atoms with Gasteiger partial charge in [-0.1, -0.05) is 54.6 Å². The summed E-state index contributed by atoms with van der Waals surface area (Å²) in [6.45, 7) is 8.85. The van der Waals surface area contributed by atoms with Crippen LogP contribution in [0.25, 0.3) is 0 Å². The highest BCUT2D eigenvalue weighted by molar-refractivity contribution is 9.10. The van der Waals surface area contributed by atoms with Crippen LogP contribution in [-0.4, -0.2) is 19.1 Å². The quantitative estimate of drug-likeness (QED) is 0.532. The number of nitrogens with one attached hydrogen (secondary N) is 1. The molecule has 5 heteroatoms. The number of anilines is 1. The topological polar surface area (TPSA) is 47.6 Å². The van der Waals surface area contributed by atoms with Gasteiger partial charge in [-0.25, -0.2) is 0 Å². The van der Waals surface area contributed by atoms with Crippen LogP contribution < -0.4 is 14.8 Å². The van der Waals surface area contributed by atoms with Crippen LogP contribution in [0, 0.1) is 5.92 Å². The minimum Gasteiger partial charge on any atom is -0.493 e. The first kappa shape index (κ1) is 20.0. The van der Waals surface area contributed by atoms with Crippen molar-refractivity contribution in [1.82, 2.24) is 0 Å². The molecule has 0 aliphatic heterocycles. The summed E-state index contributed by atoms with van der Waals surface area (Å²) in [7, 11) is 0. The van der Waals surface area contributed by atoms with E-state index in [1.165, 1.54) is 0 Å². The molecule has 138 valence electrons. The normalized spacial score (nSPS) is 10.5. The van der Waals surface area contributed by atoms with E-state index in [0.717, 1.165) is 10.9 Å². The average molecular weight is 418 g/mol. The molecule has 1 amide bonds. The SMILES string of the molecule is C=CCOc1ccccc1NC(=O)c1cc(Br)ccc1OCCC(C)C. The molecule has 0 bridgehead atoms. The Kier molecular flexibility index (Phi) is 7.73. The van der Waals surface area contributed by atoms with E-state index < -0.39 is 0 Å². The Morgan fingerprint density at radius 2 is 1.96 bits per heavy atom. The van der Waals surface area contributed by atoms with E-state index in [-0.39, 0.29) is 5.91 Å². The highest BCUT2D eigenvalue weighted by atomic mass is 79.9. The number of benzene rings is 2. The van der Waals surface area contributed by atoms with E-state index in [1.807, 2.05) is 18.2 Å². The number of amides is 1. The summed E-state index contributed by atoms with van der Waals surface area (Å²) in [5.41, 5.74) is 1.08. The number of hydrogen-bond acceptors (Lipinski definition) is 3. The van der Waals surface area contributed by atoms with Gasteiger partial charge in [-0.15, -0.1) is 0 Å². The van der Waals surface area contributed by atoms with Gasteiger partial charge in [0, 0.05) is 4.47 Å². The molecular weight excluding hydrogens is 394 g/mol. The maximum atomic E-state index is 12.8. The lowest BCUT2D eigenvalue weighted by molar-refractivity contribution is 0.102. The van der Waals surface area contributed by atoms with Gasteiger partial charge in [0.25, 0.3) is 5.91 Å². The van der Waals surface area contributed by atoms with Gasteiger partial charge in [-0.05, 0) is 42.7 Å². The zero-order valence-corrected chi connectivity index (χ0v) is 16.7. The molecule has 0 aromatic heterocycles. The molecule has 1 N–H and O–H groups in total. The van der Waals surface area contributed by atoms with Crippen LogP contribution in [0.15, 0.2) is 59.6 Å². The molecule has 0 spiro atoms. The highest BCUT2D eigenvalue weighted by Gasteiger charge is 2.15. The molecule has 0 saturated heterocycles. The molecule has 0 saturated carbocycles. The van der Waals surface area contributed by atoms with Crippen LogP contribution in [0.1, 0.15) is 30.6 Å². The number of rotatable bonds is 9. The van der Waals surface area contributed by atoms with Crippen molar-refractivity contribution in [3.05, 3.63) is 65.2 Å². The van der Waals surface area contributed by atoms with Gasteiger partial charge in [0.15, 0.2) is 0 Å². The standard InChI is InChI=1S/C21H24BrNO3/c1-4-12-25-20-8-6-5-7-18(20)23-21(24)17-14-16(22)9-10-19(17)26-13-11-15(2)3/h4-10,14-15H,1,11-13H2,2-3H3,(H,23,24). The molecule has 2 aromatic rings. The molecule has 4 nitrogen and oxygen atoms in total. The summed E-state index contributed by atoms with van der Waals surface area (Å²) < 4.78 is 12.2. The predicted molar refractivity (Wildman–Crippen MR) is 109 cm³/mol. The van der Waals surface area contributed by atoms with Crippen LogP contribution in [-0.2, 0) is 0 Å². The lowest BCUT2D eigenvalue weighted by atomic mass is 10.1. The van der Waals surface area contributed by atoms with Gasteiger partial charge < -0.3 is 14.8 Å². The summed E-state index contributed by atoms with van der Waals surface area (Å²) in [5.74, 6) is 1.45. The summed E-state index contributed by atoms with van der Waals surface area (Å²) in [5, 5.41) is 2.90. The maximum absolute atomic E-state index is 12.8. The number of halogens is 1. The molecular formula is C21H24BrNO3. The van der Waals surface area contributed by atoms with Crippen molar-refractivity contribution in [3.8, 4) is 11.5 Å². The monoisotopic (exact) mass is 417 g/mol. The molecule has 2 aromatic carbocycles. The van der Waals surface area contributed by atoms with Gasteiger partial charge >= 0.3 is 0 Å². The molecule has 0 unspecified atom stereocenters. The van der Waals surface area contributed by atoms with Crippen molar-refractivity contribution in [3.63, 3.8) is 0 Å². The Bertz CT molecular complexity index is 759. The fourth-order valence-corrected chi connectivity index (χ4v) is 2.61. The number of ether oxygens (including phenoxy) is 2. The molecule has 0 radical (unpaired) electrons. The molecule has 0 fully saturated rings. The summed E-state index contributed by atoms with van der Waals surface area (Å²) in [4.78, 5) is 12.8. The Morgan fingerprint density at radius 1 is 1.19 bits per heavy atom. The summed E-state index contributed by atoms with van der Waals surface area (Å²) in [6.07, 6.45) is 2.59. The molecule has 0 atom stereocenters. The third-order valence-corrected chi connectivity index (χ3v) is 4.12. The lowest BCUT2D eigenvalue weighted by Gasteiger charge is -2.15. The largest absolute Gasteiger partial charge is 0.493 e. The first-order valence-electron chi connectivity index (χ1n) is 8.57. The van der Waals surface area contributed by atoms with E-state index in [4.69, 9.17) is 9.47 Å². The third kappa shape index (κ3) is 5.92. The first-order chi connectivity index (χ1) is 12.5. The smallest absolute Gasteiger partial charge is 0.259 e. The Hall–Kier alpha value is -2.27.